The maximum Gasteiger partial charge on any atom is 0.407 e. The third-order valence-electron chi connectivity index (χ3n) is 2.68. The van der Waals surface area contributed by atoms with E-state index in [-0.39, 0.29) is 0 Å². The second-order valence-electron chi connectivity index (χ2n) is 4.14. The van der Waals surface area contributed by atoms with Gasteiger partial charge in [0.25, 0.3) is 0 Å². The number of hydrogen-bond donors (Lipinski definition) is 1. The van der Waals surface area contributed by atoms with Crippen LogP contribution in [-0.4, -0.2) is 36.5 Å². The average Bonchev–Trinajstić information content (AvgIpc) is 2.96. The third-order valence-corrected chi connectivity index (χ3v) is 2.68. The van der Waals surface area contributed by atoms with Crippen molar-refractivity contribution in [3.8, 4) is 17.1 Å². The first-order valence-electron chi connectivity index (χ1n) is 6.60. The van der Waals surface area contributed by atoms with Gasteiger partial charge in [-0.1, -0.05) is 17.3 Å². The monoisotopic (exact) mass is 291 g/mol. The molecule has 0 aliphatic carbocycles. The summed E-state index contributed by atoms with van der Waals surface area (Å²) in [5, 5.41) is 6.50. The molecule has 1 heterocycles. The van der Waals surface area contributed by atoms with Crippen LogP contribution in [0.15, 0.2) is 28.8 Å². The lowest BCUT2D eigenvalue weighted by Crippen LogP contribution is -2.26. The smallest absolute Gasteiger partial charge is 0.407 e. The fraction of sp³-hybridized carbons (Fsp3) is 0.357. The van der Waals surface area contributed by atoms with Crippen LogP contribution in [-0.2, 0) is 11.2 Å². The van der Waals surface area contributed by atoms with E-state index >= 15 is 0 Å². The molecule has 0 unspecified atom stereocenters. The molecule has 0 atom stereocenters. The Hall–Kier alpha value is -2.57. The largest absolute Gasteiger partial charge is 0.497 e. The molecule has 21 heavy (non-hydrogen) atoms. The normalized spacial score (nSPS) is 10.2. The van der Waals surface area contributed by atoms with Crippen molar-refractivity contribution in [1.82, 2.24) is 15.5 Å². The molecule has 0 aliphatic heterocycles. The summed E-state index contributed by atoms with van der Waals surface area (Å²) in [6, 6.07) is 7.39. The molecule has 1 aromatic heterocycles. The second kappa shape index (κ2) is 7.28. The molecule has 7 nitrogen and oxygen atoms in total. The molecule has 2 aromatic rings. The van der Waals surface area contributed by atoms with E-state index in [0.29, 0.717) is 31.3 Å². The number of benzene rings is 1. The zero-order chi connectivity index (χ0) is 15.1. The maximum atomic E-state index is 11.1. The van der Waals surface area contributed by atoms with Gasteiger partial charge in [-0.2, -0.15) is 4.98 Å². The highest BCUT2D eigenvalue weighted by Crippen LogP contribution is 2.21. The third kappa shape index (κ3) is 4.20. The van der Waals surface area contributed by atoms with Gasteiger partial charge in [0.05, 0.1) is 13.7 Å². The van der Waals surface area contributed by atoms with E-state index in [1.807, 2.05) is 24.3 Å². The number of rotatable bonds is 6. The molecule has 112 valence electrons. The number of amides is 1. The van der Waals surface area contributed by atoms with E-state index in [9.17, 15) is 4.79 Å². The number of ether oxygens (including phenoxy) is 2. The predicted octanol–water partition coefficient (Wildman–Crippen LogP) is 2.03. The number of nitrogens with zero attached hydrogens (tertiary/aromatic N) is 2. The lowest BCUT2D eigenvalue weighted by Gasteiger charge is -2.02. The SMILES string of the molecule is CCOC(=O)NCCc1nc(-c2cccc(OC)c2)no1. The van der Waals surface area contributed by atoms with Crippen LogP contribution in [0.1, 0.15) is 12.8 Å². The molecule has 0 saturated carbocycles. The zero-order valence-electron chi connectivity index (χ0n) is 12.0. The Morgan fingerprint density at radius 3 is 3.05 bits per heavy atom. The van der Waals surface area contributed by atoms with Gasteiger partial charge < -0.3 is 19.3 Å². The summed E-state index contributed by atoms with van der Waals surface area (Å²) in [6.45, 7) is 2.46. The van der Waals surface area contributed by atoms with Gasteiger partial charge in [-0.3, -0.25) is 0 Å². The Morgan fingerprint density at radius 2 is 2.29 bits per heavy atom. The fourth-order valence-electron chi connectivity index (χ4n) is 1.69. The standard InChI is InChI=1S/C14H17N3O4/c1-3-20-14(18)15-8-7-12-16-13(17-21-12)10-5-4-6-11(9-10)19-2/h4-6,9H,3,7-8H2,1-2H3,(H,15,18). The molecule has 1 N–H and O–H groups in total. The maximum absolute atomic E-state index is 11.1. The minimum absolute atomic E-state index is 0.340. The highest BCUT2D eigenvalue weighted by Gasteiger charge is 2.10. The summed E-state index contributed by atoms with van der Waals surface area (Å²) in [4.78, 5) is 15.4. The van der Waals surface area contributed by atoms with Crippen LogP contribution < -0.4 is 10.1 Å². The lowest BCUT2D eigenvalue weighted by molar-refractivity contribution is 0.152. The van der Waals surface area contributed by atoms with E-state index in [1.54, 1.807) is 14.0 Å². The van der Waals surface area contributed by atoms with Crippen molar-refractivity contribution in [3.63, 3.8) is 0 Å². The molecule has 2 rings (SSSR count). The number of carbonyl (C=O) groups is 1. The Morgan fingerprint density at radius 1 is 1.43 bits per heavy atom. The van der Waals surface area contributed by atoms with E-state index in [0.717, 1.165) is 11.3 Å². The molecule has 0 radical (unpaired) electrons. The van der Waals surface area contributed by atoms with Crippen molar-refractivity contribution < 1.29 is 18.8 Å². The average molecular weight is 291 g/mol. The zero-order valence-corrected chi connectivity index (χ0v) is 12.0. The Labute approximate surface area is 122 Å². The molecule has 0 aliphatic rings. The predicted molar refractivity (Wildman–Crippen MR) is 75.0 cm³/mol. The van der Waals surface area contributed by atoms with Crippen molar-refractivity contribution >= 4 is 6.09 Å². The van der Waals surface area contributed by atoms with Crippen LogP contribution in [0.2, 0.25) is 0 Å². The Balaban J connectivity index is 1.93. The van der Waals surface area contributed by atoms with Crippen molar-refractivity contribution in [1.29, 1.82) is 0 Å². The second-order valence-corrected chi connectivity index (χ2v) is 4.14. The lowest BCUT2D eigenvalue weighted by atomic mass is 10.2. The number of aromatic nitrogens is 2. The summed E-state index contributed by atoms with van der Waals surface area (Å²) in [6.07, 6.45) is -0.0134. The van der Waals surface area contributed by atoms with E-state index < -0.39 is 6.09 Å². The number of carbonyl (C=O) groups excluding carboxylic acids is 1. The summed E-state index contributed by atoms with van der Waals surface area (Å²) in [5.41, 5.74) is 0.808. The van der Waals surface area contributed by atoms with Crippen LogP contribution in [0.3, 0.4) is 0 Å². The van der Waals surface area contributed by atoms with Gasteiger partial charge in [-0.05, 0) is 19.1 Å². The van der Waals surface area contributed by atoms with Gasteiger partial charge in [0, 0.05) is 18.5 Å². The van der Waals surface area contributed by atoms with Crippen LogP contribution in [0, 0.1) is 0 Å². The van der Waals surface area contributed by atoms with Gasteiger partial charge in [0.1, 0.15) is 5.75 Å². The van der Waals surface area contributed by atoms with Crippen LogP contribution in [0.25, 0.3) is 11.4 Å². The quantitative estimate of drug-likeness (QED) is 0.876. The summed E-state index contributed by atoms with van der Waals surface area (Å²) < 4.78 is 15.0. The molecule has 1 aromatic carbocycles. The van der Waals surface area contributed by atoms with Gasteiger partial charge in [0.2, 0.25) is 11.7 Å². The summed E-state index contributed by atoms with van der Waals surface area (Å²) in [7, 11) is 1.60. The first-order valence-corrected chi connectivity index (χ1v) is 6.60. The van der Waals surface area contributed by atoms with Gasteiger partial charge in [0.15, 0.2) is 0 Å². The van der Waals surface area contributed by atoms with E-state index in [2.05, 4.69) is 15.5 Å². The molecule has 1 amide bonds. The molecule has 7 heteroatoms. The number of alkyl carbamates (subject to hydrolysis) is 1. The first kappa shape index (κ1) is 14.8. The van der Waals surface area contributed by atoms with Crippen molar-refractivity contribution in [2.24, 2.45) is 0 Å². The Bertz CT molecular complexity index is 597. The molecule has 0 fully saturated rings. The fourth-order valence-corrected chi connectivity index (χ4v) is 1.69. The molecular formula is C14H17N3O4. The number of hydrogen-bond acceptors (Lipinski definition) is 6. The van der Waals surface area contributed by atoms with Crippen LogP contribution in [0.5, 0.6) is 5.75 Å². The number of nitrogens with one attached hydrogen (secondary N) is 1. The molecule has 0 saturated heterocycles. The molecule has 0 bridgehead atoms. The highest BCUT2D eigenvalue weighted by molar-refractivity contribution is 5.67. The first-order chi connectivity index (χ1) is 10.2. The van der Waals surface area contributed by atoms with Gasteiger partial charge >= 0.3 is 6.09 Å². The van der Waals surface area contributed by atoms with Crippen LogP contribution >= 0.6 is 0 Å². The van der Waals surface area contributed by atoms with Crippen molar-refractivity contribution in [3.05, 3.63) is 30.2 Å². The molecule has 0 spiro atoms. The Kier molecular flexibility index (Phi) is 5.14. The minimum Gasteiger partial charge on any atom is -0.497 e. The van der Waals surface area contributed by atoms with E-state index in [1.165, 1.54) is 0 Å². The number of methoxy groups -OCH3 is 1. The van der Waals surface area contributed by atoms with Gasteiger partial charge in [-0.15, -0.1) is 0 Å². The van der Waals surface area contributed by atoms with Crippen molar-refractivity contribution in [2.75, 3.05) is 20.3 Å². The van der Waals surface area contributed by atoms with Crippen molar-refractivity contribution in [2.45, 2.75) is 13.3 Å². The molecular weight excluding hydrogens is 274 g/mol. The van der Waals surface area contributed by atoms with E-state index in [4.69, 9.17) is 14.0 Å². The van der Waals surface area contributed by atoms with Gasteiger partial charge in [-0.25, -0.2) is 4.79 Å². The topological polar surface area (TPSA) is 86.5 Å². The van der Waals surface area contributed by atoms with Crippen LogP contribution in [0.4, 0.5) is 4.79 Å². The minimum atomic E-state index is -0.454. The highest BCUT2D eigenvalue weighted by atomic mass is 16.5. The summed E-state index contributed by atoms with van der Waals surface area (Å²) >= 11 is 0. The summed E-state index contributed by atoms with van der Waals surface area (Å²) in [5.74, 6) is 1.66.